The van der Waals surface area contributed by atoms with Crippen LogP contribution in [0.15, 0.2) is 54.6 Å². The van der Waals surface area contributed by atoms with Gasteiger partial charge >= 0.3 is 0 Å². The molecule has 0 unspecified atom stereocenters. The van der Waals surface area contributed by atoms with Crippen molar-refractivity contribution in [3.8, 4) is 28.4 Å². The monoisotopic (exact) mass is 292 g/mol. The molecule has 0 amide bonds. The summed E-state index contributed by atoms with van der Waals surface area (Å²) in [6.07, 6.45) is 0. The number of rotatable bonds is 2. The van der Waals surface area contributed by atoms with Crippen molar-refractivity contribution in [2.75, 3.05) is 20.3 Å². The number of benzene rings is 3. The smallest absolute Gasteiger partial charge is 0.161 e. The number of hydrogen-bond donors (Lipinski definition) is 0. The number of methoxy groups -OCH3 is 1. The zero-order valence-electron chi connectivity index (χ0n) is 12.3. The molecule has 0 saturated carbocycles. The van der Waals surface area contributed by atoms with Crippen LogP contribution in [0.5, 0.6) is 17.2 Å². The summed E-state index contributed by atoms with van der Waals surface area (Å²) in [5.74, 6) is 2.51. The molecule has 0 N–H and O–H groups in total. The van der Waals surface area contributed by atoms with Crippen LogP contribution in [-0.2, 0) is 0 Å². The van der Waals surface area contributed by atoms with Gasteiger partial charge in [0.05, 0.1) is 7.11 Å². The zero-order chi connectivity index (χ0) is 14.9. The molecule has 0 radical (unpaired) electrons. The van der Waals surface area contributed by atoms with Gasteiger partial charge in [0.1, 0.15) is 19.0 Å². The van der Waals surface area contributed by atoms with Gasteiger partial charge in [0.25, 0.3) is 0 Å². The first-order chi connectivity index (χ1) is 10.8. The standard InChI is InChI=1S/C19H16O3/c1-20-17-6-4-14-10-13(2-3-15(14)11-17)16-5-7-18-19(12-16)22-9-8-21-18/h2-7,10-12H,8-9H2,1H3. The molecule has 0 saturated heterocycles. The summed E-state index contributed by atoms with van der Waals surface area (Å²) in [5.41, 5.74) is 2.29. The topological polar surface area (TPSA) is 27.7 Å². The van der Waals surface area contributed by atoms with E-state index >= 15 is 0 Å². The minimum absolute atomic E-state index is 0.605. The maximum absolute atomic E-state index is 5.66. The van der Waals surface area contributed by atoms with Gasteiger partial charge in [-0.05, 0) is 52.2 Å². The summed E-state index contributed by atoms with van der Waals surface area (Å²) < 4.78 is 16.5. The van der Waals surface area contributed by atoms with Gasteiger partial charge in [-0.1, -0.05) is 24.3 Å². The van der Waals surface area contributed by atoms with E-state index < -0.39 is 0 Å². The summed E-state index contributed by atoms with van der Waals surface area (Å²) in [6.45, 7) is 1.22. The molecule has 1 heterocycles. The molecule has 1 aliphatic rings. The highest BCUT2D eigenvalue weighted by Gasteiger charge is 2.12. The summed E-state index contributed by atoms with van der Waals surface area (Å²) in [5, 5.41) is 2.36. The van der Waals surface area contributed by atoms with Crippen LogP contribution in [-0.4, -0.2) is 20.3 Å². The summed E-state index contributed by atoms with van der Waals surface area (Å²) in [4.78, 5) is 0. The van der Waals surface area contributed by atoms with E-state index in [1.807, 2.05) is 24.3 Å². The second-order valence-electron chi connectivity index (χ2n) is 5.29. The van der Waals surface area contributed by atoms with Crippen LogP contribution in [0.1, 0.15) is 0 Å². The van der Waals surface area contributed by atoms with E-state index in [1.165, 1.54) is 10.8 Å². The highest BCUT2D eigenvalue weighted by atomic mass is 16.6. The molecule has 22 heavy (non-hydrogen) atoms. The largest absolute Gasteiger partial charge is 0.497 e. The molecule has 0 spiro atoms. The maximum atomic E-state index is 5.66. The Labute approximate surface area is 129 Å². The molecule has 0 aromatic heterocycles. The van der Waals surface area contributed by atoms with Crippen LogP contribution in [0.25, 0.3) is 21.9 Å². The highest BCUT2D eigenvalue weighted by molar-refractivity contribution is 5.88. The Balaban J connectivity index is 1.77. The van der Waals surface area contributed by atoms with Crippen molar-refractivity contribution in [2.45, 2.75) is 0 Å². The molecule has 3 nitrogen and oxygen atoms in total. The fourth-order valence-electron chi connectivity index (χ4n) is 2.75. The Morgan fingerprint density at radius 2 is 1.41 bits per heavy atom. The van der Waals surface area contributed by atoms with Crippen molar-refractivity contribution in [2.24, 2.45) is 0 Å². The first kappa shape index (κ1) is 13.0. The first-order valence-electron chi connectivity index (χ1n) is 7.31. The SMILES string of the molecule is COc1ccc2cc(-c3ccc4c(c3)OCCO4)ccc2c1. The number of fused-ring (bicyclic) bond motifs is 2. The second-order valence-corrected chi connectivity index (χ2v) is 5.29. The molecule has 4 rings (SSSR count). The van der Waals surface area contributed by atoms with Crippen molar-refractivity contribution in [1.82, 2.24) is 0 Å². The van der Waals surface area contributed by atoms with E-state index in [4.69, 9.17) is 14.2 Å². The predicted octanol–water partition coefficient (Wildman–Crippen LogP) is 4.29. The van der Waals surface area contributed by atoms with Crippen molar-refractivity contribution in [3.05, 3.63) is 54.6 Å². The summed E-state index contributed by atoms with van der Waals surface area (Å²) >= 11 is 0. The third kappa shape index (κ3) is 2.25. The molecule has 3 aromatic carbocycles. The lowest BCUT2D eigenvalue weighted by atomic mass is 10.0. The van der Waals surface area contributed by atoms with Crippen LogP contribution in [0.2, 0.25) is 0 Å². The molecule has 1 aliphatic heterocycles. The fraction of sp³-hybridized carbons (Fsp3) is 0.158. The van der Waals surface area contributed by atoms with Gasteiger partial charge in [-0.3, -0.25) is 0 Å². The van der Waals surface area contributed by atoms with Crippen molar-refractivity contribution in [3.63, 3.8) is 0 Å². The van der Waals surface area contributed by atoms with Gasteiger partial charge in [-0.2, -0.15) is 0 Å². The van der Waals surface area contributed by atoms with E-state index in [9.17, 15) is 0 Å². The third-order valence-electron chi connectivity index (χ3n) is 3.92. The lowest BCUT2D eigenvalue weighted by molar-refractivity contribution is 0.171. The molecule has 3 aromatic rings. The lowest BCUT2D eigenvalue weighted by Gasteiger charge is -2.19. The van der Waals surface area contributed by atoms with E-state index in [2.05, 4.69) is 30.3 Å². The molecular weight excluding hydrogens is 276 g/mol. The van der Waals surface area contributed by atoms with Gasteiger partial charge in [-0.25, -0.2) is 0 Å². The van der Waals surface area contributed by atoms with Crippen LogP contribution in [0, 0.1) is 0 Å². The van der Waals surface area contributed by atoms with Crippen LogP contribution >= 0.6 is 0 Å². The first-order valence-corrected chi connectivity index (χ1v) is 7.31. The predicted molar refractivity (Wildman–Crippen MR) is 86.9 cm³/mol. The minimum Gasteiger partial charge on any atom is -0.497 e. The van der Waals surface area contributed by atoms with E-state index in [0.29, 0.717) is 13.2 Å². The van der Waals surface area contributed by atoms with Crippen molar-refractivity contribution < 1.29 is 14.2 Å². The van der Waals surface area contributed by atoms with Gasteiger partial charge < -0.3 is 14.2 Å². The Kier molecular flexibility index (Phi) is 3.11. The Morgan fingerprint density at radius 1 is 0.727 bits per heavy atom. The quantitative estimate of drug-likeness (QED) is 0.705. The molecule has 0 bridgehead atoms. The summed E-state index contributed by atoms with van der Waals surface area (Å²) in [6, 6.07) is 18.6. The van der Waals surface area contributed by atoms with Gasteiger partial charge in [0.2, 0.25) is 0 Å². The number of hydrogen-bond acceptors (Lipinski definition) is 3. The van der Waals surface area contributed by atoms with Gasteiger partial charge in [-0.15, -0.1) is 0 Å². The Hall–Kier alpha value is -2.68. The average Bonchev–Trinajstić information content (AvgIpc) is 2.60. The van der Waals surface area contributed by atoms with E-state index in [-0.39, 0.29) is 0 Å². The molecule has 0 fully saturated rings. The minimum atomic E-state index is 0.605. The van der Waals surface area contributed by atoms with Crippen LogP contribution in [0.4, 0.5) is 0 Å². The Morgan fingerprint density at radius 3 is 2.27 bits per heavy atom. The normalized spacial score (nSPS) is 13.1. The fourth-order valence-corrected chi connectivity index (χ4v) is 2.75. The molecule has 0 atom stereocenters. The average molecular weight is 292 g/mol. The van der Waals surface area contributed by atoms with Gasteiger partial charge in [0.15, 0.2) is 11.5 Å². The van der Waals surface area contributed by atoms with E-state index in [0.717, 1.165) is 28.4 Å². The van der Waals surface area contributed by atoms with Gasteiger partial charge in [0, 0.05) is 0 Å². The zero-order valence-corrected chi connectivity index (χ0v) is 12.3. The number of ether oxygens (including phenoxy) is 3. The lowest BCUT2D eigenvalue weighted by Crippen LogP contribution is -2.15. The van der Waals surface area contributed by atoms with Crippen LogP contribution < -0.4 is 14.2 Å². The van der Waals surface area contributed by atoms with Crippen molar-refractivity contribution >= 4 is 10.8 Å². The Bertz CT molecular complexity index is 839. The van der Waals surface area contributed by atoms with E-state index in [1.54, 1.807) is 7.11 Å². The molecule has 0 aliphatic carbocycles. The van der Waals surface area contributed by atoms with Crippen LogP contribution in [0.3, 0.4) is 0 Å². The summed E-state index contributed by atoms with van der Waals surface area (Å²) in [7, 11) is 1.69. The third-order valence-corrected chi connectivity index (χ3v) is 3.92. The maximum Gasteiger partial charge on any atom is 0.161 e. The molecule has 3 heteroatoms. The van der Waals surface area contributed by atoms with Crippen molar-refractivity contribution in [1.29, 1.82) is 0 Å². The molecule has 110 valence electrons. The highest BCUT2D eigenvalue weighted by Crippen LogP contribution is 2.35. The second kappa shape index (κ2) is 5.26. The molecular formula is C19H16O3.